The van der Waals surface area contributed by atoms with E-state index in [0.29, 0.717) is 16.3 Å². The molecule has 28 heavy (non-hydrogen) atoms. The number of carbonyl (C=O) groups excluding carboxylic acids is 1. The van der Waals surface area contributed by atoms with Crippen LogP contribution in [0, 0.1) is 13.8 Å². The van der Waals surface area contributed by atoms with Crippen LogP contribution in [0.15, 0.2) is 50.9 Å². The molecule has 0 aliphatic heterocycles. The standard InChI is InChI=1S/C19H21N3O4S2/c1-12-5-7-15(13(2)9-12)20-18(23)11-27-19-21-16-10-14(6-8-17(16)26-19)28(24,25)22(3)4/h5-10H,11H2,1-4H3,(H,20,23). The minimum atomic E-state index is -3.55. The van der Waals surface area contributed by atoms with Gasteiger partial charge in [0.05, 0.1) is 10.6 Å². The first-order chi connectivity index (χ1) is 13.2. The molecule has 2 aromatic carbocycles. The highest BCUT2D eigenvalue weighted by atomic mass is 32.2. The quantitative estimate of drug-likeness (QED) is 0.616. The molecule has 0 saturated heterocycles. The lowest BCUT2D eigenvalue weighted by Crippen LogP contribution is -2.22. The first kappa shape index (κ1) is 20.4. The third-order valence-corrected chi connectivity index (χ3v) is 6.74. The zero-order chi connectivity index (χ0) is 20.5. The van der Waals surface area contributed by atoms with Gasteiger partial charge in [0.25, 0.3) is 5.22 Å². The lowest BCUT2D eigenvalue weighted by atomic mass is 10.1. The molecule has 1 heterocycles. The number of rotatable bonds is 6. The Labute approximate surface area is 168 Å². The largest absolute Gasteiger partial charge is 0.431 e. The molecule has 9 heteroatoms. The molecular weight excluding hydrogens is 398 g/mol. The summed E-state index contributed by atoms with van der Waals surface area (Å²) in [7, 11) is -0.605. The number of carbonyl (C=O) groups is 1. The first-order valence-corrected chi connectivity index (χ1v) is 10.9. The van der Waals surface area contributed by atoms with E-state index in [1.165, 1.54) is 26.2 Å². The van der Waals surface area contributed by atoms with Gasteiger partial charge in [0.15, 0.2) is 5.58 Å². The molecule has 3 rings (SSSR count). The van der Waals surface area contributed by atoms with Crippen LogP contribution in [-0.2, 0) is 14.8 Å². The van der Waals surface area contributed by atoms with Crippen LogP contribution in [0.5, 0.6) is 0 Å². The maximum absolute atomic E-state index is 12.2. The van der Waals surface area contributed by atoms with Crippen molar-refractivity contribution in [1.82, 2.24) is 9.29 Å². The van der Waals surface area contributed by atoms with Crippen LogP contribution in [-0.4, -0.2) is 43.5 Å². The highest BCUT2D eigenvalue weighted by molar-refractivity contribution is 7.99. The van der Waals surface area contributed by atoms with Gasteiger partial charge in [0.1, 0.15) is 5.52 Å². The Hall–Kier alpha value is -2.36. The summed E-state index contributed by atoms with van der Waals surface area (Å²) in [6, 6.07) is 10.3. The maximum atomic E-state index is 12.2. The van der Waals surface area contributed by atoms with Crippen molar-refractivity contribution in [1.29, 1.82) is 0 Å². The second-order valence-corrected chi connectivity index (χ2v) is 9.63. The second-order valence-electron chi connectivity index (χ2n) is 6.55. The summed E-state index contributed by atoms with van der Waals surface area (Å²) in [5, 5.41) is 3.18. The van der Waals surface area contributed by atoms with E-state index in [1.807, 2.05) is 32.0 Å². The van der Waals surface area contributed by atoms with E-state index in [1.54, 1.807) is 6.07 Å². The number of hydrogen-bond acceptors (Lipinski definition) is 6. The van der Waals surface area contributed by atoms with Crippen LogP contribution in [0.4, 0.5) is 5.69 Å². The molecule has 1 aromatic heterocycles. The van der Waals surface area contributed by atoms with Crippen LogP contribution in [0.1, 0.15) is 11.1 Å². The fourth-order valence-corrected chi connectivity index (χ4v) is 4.15. The van der Waals surface area contributed by atoms with Crippen LogP contribution in [0.25, 0.3) is 11.1 Å². The summed E-state index contributed by atoms with van der Waals surface area (Å²) in [4.78, 5) is 16.6. The Morgan fingerprint density at radius 1 is 1.18 bits per heavy atom. The zero-order valence-electron chi connectivity index (χ0n) is 16.0. The summed E-state index contributed by atoms with van der Waals surface area (Å²) < 4.78 is 31.2. The van der Waals surface area contributed by atoms with Gasteiger partial charge >= 0.3 is 0 Å². The second kappa shape index (κ2) is 7.94. The molecule has 148 valence electrons. The molecule has 0 atom stereocenters. The molecule has 7 nitrogen and oxygen atoms in total. The molecule has 0 spiro atoms. The highest BCUT2D eigenvalue weighted by Crippen LogP contribution is 2.26. The van der Waals surface area contributed by atoms with Crippen LogP contribution in [0.2, 0.25) is 0 Å². The van der Waals surface area contributed by atoms with Crippen molar-refractivity contribution in [2.24, 2.45) is 0 Å². The number of hydrogen-bond donors (Lipinski definition) is 1. The number of aromatic nitrogens is 1. The summed E-state index contributed by atoms with van der Waals surface area (Å²) >= 11 is 1.15. The van der Waals surface area contributed by atoms with Gasteiger partial charge in [-0.05, 0) is 43.7 Å². The molecule has 0 saturated carbocycles. The van der Waals surface area contributed by atoms with Crippen LogP contribution in [0.3, 0.4) is 0 Å². The number of thioether (sulfide) groups is 1. The van der Waals surface area contributed by atoms with Crippen molar-refractivity contribution in [3.05, 3.63) is 47.5 Å². The predicted octanol–water partition coefficient (Wildman–Crippen LogP) is 3.43. The van der Waals surface area contributed by atoms with E-state index in [0.717, 1.165) is 32.9 Å². The minimum Gasteiger partial charge on any atom is -0.431 e. The van der Waals surface area contributed by atoms with Gasteiger partial charge in [-0.1, -0.05) is 29.5 Å². The number of nitrogens with one attached hydrogen (secondary N) is 1. The first-order valence-electron chi connectivity index (χ1n) is 8.50. The smallest absolute Gasteiger partial charge is 0.257 e. The molecule has 0 fully saturated rings. The molecule has 0 aliphatic rings. The number of amides is 1. The third kappa shape index (κ3) is 4.37. The number of oxazole rings is 1. The Morgan fingerprint density at radius 3 is 2.61 bits per heavy atom. The van der Waals surface area contributed by atoms with Crippen molar-refractivity contribution in [2.45, 2.75) is 24.0 Å². The normalized spacial score (nSPS) is 11.9. The number of fused-ring (bicyclic) bond motifs is 1. The van der Waals surface area contributed by atoms with Gasteiger partial charge in [-0.15, -0.1) is 0 Å². The van der Waals surface area contributed by atoms with Gasteiger partial charge < -0.3 is 9.73 Å². The van der Waals surface area contributed by atoms with Crippen molar-refractivity contribution in [3.8, 4) is 0 Å². The summed E-state index contributed by atoms with van der Waals surface area (Å²) in [6.45, 7) is 3.94. The van der Waals surface area contributed by atoms with Crippen molar-refractivity contribution < 1.29 is 17.6 Å². The summed E-state index contributed by atoms with van der Waals surface area (Å²) in [5.74, 6) is -0.0433. The highest BCUT2D eigenvalue weighted by Gasteiger charge is 2.19. The van der Waals surface area contributed by atoms with Crippen LogP contribution >= 0.6 is 11.8 Å². The third-order valence-electron chi connectivity index (χ3n) is 4.10. The lowest BCUT2D eigenvalue weighted by molar-refractivity contribution is -0.113. The molecule has 0 radical (unpaired) electrons. The fraction of sp³-hybridized carbons (Fsp3) is 0.263. The number of anilines is 1. The van der Waals surface area contributed by atoms with E-state index in [2.05, 4.69) is 10.3 Å². The van der Waals surface area contributed by atoms with Crippen molar-refractivity contribution in [3.63, 3.8) is 0 Å². The van der Waals surface area contributed by atoms with Gasteiger partial charge in [0, 0.05) is 19.8 Å². The van der Waals surface area contributed by atoms with E-state index in [-0.39, 0.29) is 16.6 Å². The number of nitrogens with zero attached hydrogens (tertiary/aromatic N) is 2. The van der Waals surface area contributed by atoms with Gasteiger partial charge in [-0.25, -0.2) is 17.7 Å². The Balaban J connectivity index is 1.70. The molecule has 3 aromatic rings. The van der Waals surface area contributed by atoms with Crippen LogP contribution < -0.4 is 5.32 Å². The predicted molar refractivity (Wildman–Crippen MR) is 110 cm³/mol. The zero-order valence-corrected chi connectivity index (χ0v) is 17.6. The Bertz CT molecular complexity index is 1140. The van der Waals surface area contributed by atoms with E-state index in [4.69, 9.17) is 4.42 Å². The summed E-state index contributed by atoms with van der Waals surface area (Å²) in [5.41, 5.74) is 3.80. The SMILES string of the molecule is Cc1ccc(NC(=O)CSc2nc3cc(S(=O)(=O)N(C)C)ccc3o2)c(C)c1. The van der Waals surface area contributed by atoms with E-state index >= 15 is 0 Å². The monoisotopic (exact) mass is 419 g/mol. The maximum Gasteiger partial charge on any atom is 0.257 e. The molecule has 0 unspecified atom stereocenters. The van der Waals surface area contributed by atoms with E-state index in [9.17, 15) is 13.2 Å². The average Bonchev–Trinajstić information content (AvgIpc) is 3.04. The Morgan fingerprint density at radius 2 is 1.93 bits per heavy atom. The fourth-order valence-electron chi connectivity index (χ4n) is 2.59. The molecule has 0 bridgehead atoms. The van der Waals surface area contributed by atoms with E-state index < -0.39 is 10.0 Å². The number of benzene rings is 2. The lowest BCUT2D eigenvalue weighted by Gasteiger charge is -2.10. The minimum absolute atomic E-state index is 0.128. The van der Waals surface area contributed by atoms with Gasteiger partial charge in [-0.2, -0.15) is 0 Å². The average molecular weight is 420 g/mol. The molecule has 1 N–H and O–H groups in total. The van der Waals surface area contributed by atoms with Gasteiger partial charge in [-0.3, -0.25) is 4.79 Å². The topological polar surface area (TPSA) is 92.5 Å². The number of aryl methyl sites for hydroxylation is 2. The number of sulfonamides is 1. The summed E-state index contributed by atoms with van der Waals surface area (Å²) in [6.07, 6.45) is 0. The van der Waals surface area contributed by atoms with Gasteiger partial charge in [0.2, 0.25) is 15.9 Å². The van der Waals surface area contributed by atoms with Crippen molar-refractivity contribution >= 4 is 44.5 Å². The molecule has 1 amide bonds. The van der Waals surface area contributed by atoms with Crippen molar-refractivity contribution in [2.75, 3.05) is 25.2 Å². The Kier molecular flexibility index (Phi) is 5.78. The molecular formula is C19H21N3O4S2. The molecule has 0 aliphatic carbocycles.